The summed E-state index contributed by atoms with van der Waals surface area (Å²) in [7, 11) is -4.45. The van der Waals surface area contributed by atoms with Crippen molar-refractivity contribution >= 4 is 10.2 Å². The SMILES string of the molecule is CC[C@@](NS(=O)(=O)NC(C)(C)C)(c1ccccc1F)C(F)(F)COCC#N. The van der Waals surface area contributed by atoms with Crippen molar-refractivity contribution in [2.45, 2.75) is 51.1 Å². The molecule has 0 bridgehead atoms. The first-order valence-corrected chi connectivity index (χ1v) is 9.69. The molecule has 152 valence electrons. The summed E-state index contributed by atoms with van der Waals surface area (Å²) in [5, 5.41) is 8.50. The van der Waals surface area contributed by atoms with Crippen LogP contribution in [0.3, 0.4) is 0 Å². The highest BCUT2D eigenvalue weighted by Gasteiger charge is 2.57. The number of ether oxygens (including phenoxy) is 1. The van der Waals surface area contributed by atoms with Gasteiger partial charge in [0.05, 0.1) is 6.07 Å². The second kappa shape index (κ2) is 8.56. The van der Waals surface area contributed by atoms with Gasteiger partial charge in [-0.15, -0.1) is 0 Å². The fourth-order valence-electron chi connectivity index (χ4n) is 2.66. The number of hydrogen-bond acceptors (Lipinski definition) is 4. The molecule has 1 aromatic carbocycles. The van der Waals surface area contributed by atoms with Gasteiger partial charge in [0.15, 0.2) is 0 Å². The van der Waals surface area contributed by atoms with Crippen LogP contribution in [0.25, 0.3) is 0 Å². The molecule has 0 aliphatic heterocycles. The third-order valence-electron chi connectivity index (χ3n) is 3.69. The van der Waals surface area contributed by atoms with Gasteiger partial charge in [-0.05, 0) is 33.3 Å². The summed E-state index contributed by atoms with van der Waals surface area (Å²) >= 11 is 0. The van der Waals surface area contributed by atoms with Gasteiger partial charge >= 0.3 is 0 Å². The first kappa shape index (κ1) is 23.4. The van der Waals surface area contributed by atoms with Crippen molar-refractivity contribution in [2.24, 2.45) is 0 Å². The van der Waals surface area contributed by atoms with Gasteiger partial charge in [-0.3, -0.25) is 0 Å². The minimum atomic E-state index is -4.45. The largest absolute Gasteiger partial charge is 0.360 e. The quantitative estimate of drug-likeness (QED) is 0.616. The van der Waals surface area contributed by atoms with E-state index in [2.05, 4.69) is 9.46 Å². The number of rotatable bonds is 9. The van der Waals surface area contributed by atoms with Crippen LogP contribution in [-0.4, -0.2) is 33.1 Å². The van der Waals surface area contributed by atoms with Gasteiger partial charge in [-0.2, -0.15) is 23.1 Å². The highest BCUT2D eigenvalue weighted by molar-refractivity contribution is 7.87. The predicted molar refractivity (Wildman–Crippen MR) is 94.7 cm³/mol. The van der Waals surface area contributed by atoms with Gasteiger partial charge in [0, 0.05) is 11.1 Å². The number of benzene rings is 1. The van der Waals surface area contributed by atoms with Crippen molar-refractivity contribution in [3.63, 3.8) is 0 Å². The first-order valence-electron chi connectivity index (χ1n) is 8.20. The maximum absolute atomic E-state index is 15.1. The van der Waals surface area contributed by atoms with Gasteiger partial charge in [-0.25, -0.2) is 13.2 Å². The van der Waals surface area contributed by atoms with Gasteiger partial charge in [0.2, 0.25) is 0 Å². The number of alkyl halides is 2. The van der Waals surface area contributed by atoms with Crippen molar-refractivity contribution in [3.05, 3.63) is 35.6 Å². The number of hydrogen-bond donors (Lipinski definition) is 2. The Morgan fingerprint density at radius 2 is 1.78 bits per heavy atom. The zero-order chi connectivity index (χ0) is 20.9. The lowest BCUT2D eigenvalue weighted by Gasteiger charge is -2.41. The standard InChI is InChI=1S/C17H24F3N3O3S/c1-5-16(13-8-6-7-9-14(13)18,17(19,20)12-26-11-10-21)23-27(24,25)22-15(2,3)4/h6-9,22-23H,5,11-12H2,1-4H3/t16-/m1/s1. The summed E-state index contributed by atoms with van der Waals surface area (Å²) < 4.78 is 78.5. The van der Waals surface area contributed by atoms with E-state index in [9.17, 15) is 12.8 Å². The number of nitrogens with one attached hydrogen (secondary N) is 2. The lowest BCUT2D eigenvalue weighted by Crippen LogP contribution is -2.63. The van der Waals surface area contributed by atoms with E-state index in [-0.39, 0.29) is 0 Å². The van der Waals surface area contributed by atoms with E-state index < -0.39 is 58.2 Å². The average Bonchev–Trinajstić information content (AvgIpc) is 2.51. The van der Waals surface area contributed by atoms with Crippen molar-refractivity contribution in [1.29, 1.82) is 5.26 Å². The molecule has 0 amide bonds. The highest BCUT2D eigenvalue weighted by atomic mass is 32.2. The van der Waals surface area contributed by atoms with E-state index in [1.165, 1.54) is 39.8 Å². The molecular weight excluding hydrogens is 383 g/mol. The van der Waals surface area contributed by atoms with Crippen molar-refractivity contribution in [3.8, 4) is 6.07 Å². The molecule has 27 heavy (non-hydrogen) atoms. The minimum absolute atomic E-state index is 0.470. The molecule has 6 nitrogen and oxygen atoms in total. The Bertz CT molecular complexity index is 789. The molecule has 0 aliphatic rings. The monoisotopic (exact) mass is 407 g/mol. The fraction of sp³-hybridized carbons (Fsp3) is 0.588. The highest BCUT2D eigenvalue weighted by Crippen LogP contribution is 2.42. The maximum Gasteiger partial charge on any atom is 0.293 e. The molecule has 1 rings (SSSR count). The summed E-state index contributed by atoms with van der Waals surface area (Å²) in [6, 6.07) is 6.27. The topological polar surface area (TPSA) is 91.2 Å². The summed E-state index contributed by atoms with van der Waals surface area (Å²) in [6.45, 7) is 4.05. The number of halogens is 3. The minimum Gasteiger partial charge on any atom is -0.360 e. The molecule has 0 radical (unpaired) electrons. The lowest BCUT2D eigenvalue weighted by molar-refractivity contribution is -0.135. The van der Waals surface area contributed by atoms with Gasteiger partial charge in [-0.1, -0.05) is 25.1 Å². The molecule has 0 heterocycles. The molecule has 1 aromatic rings. The third kappa shape index (κ3) is 5.90. The zero-order valence-corrected chi connectivity index (χ0v) is 16.5. The molecule has 0 fully saturated rings. The van der Waals surface area contributed by atoms with Gasteiger partial charge < -0.3 is 4.74 Å². The van der Waals surface area contributed by atoms with Crippen LogP contribution in [0, 0.1) is 17.1 Å². The van der Waals surface area contributed by atoms with Crippen LogP contribution in [0.15, 0.2) is 24.3 Å². The Morgan fingerprint density at radius 3 is 2.26 bits per heavy atom. The Kier molecular flexibility index (Phi) is 7.41. The number of nitrogens with zero attached hydrogens (tertiary/aromatic N) is 1. The molecule has 0 saturated carbocycles. The second-order valence-corrected chi connectivity index (χ2v) is 8.47. The predicted octanol–water partition coefficient (Wildman–Crippen LogP) is 2.83. The maximum atomic E-state index is 15.1. The van der Waals surface area contributed by atoms with Gasteiger partial charge in [0.25, 0.3) is 16.1 Å². The lowest BCUT2D eigenvalue weighted by atomic mass is 9.82. The summed E-state index contributed by atoms with van der Waals surface area (Å²) in [5.74, 6) is -4.84. The molecule has 0 unspecified atom stereocenters. The fourth-order valence-corrected chi connectivity index (χ4v) is 4.38. The van der Waals surface area contributed by atoms with Crippen molar-refractivity contribution < 1.29 is 26.3 Å². The average molecular weight is 407 g/mol. The van der Waals surface area contributed by atoms with Crippen LogP contribution < -0.4 is 9.44 Å². The van der Waals surface area contributed by atoms with E-state index in [1.54, 1.807) is 6.07 Å². The summed E-state index contributed by atoms with van der Waals surface area (Å²) in [4.78, 5) is 0. The van der Waals surface area contributed by atoms with E-state index in [4.69, 9.17) is 5.26 Å². The smallest absolute Gasteiger partial charge is 0.293 e. The molecule has 0 spiro atoms. The van der Waals surface area contributed by atoms with Crippen LogP contribution in [0.2, 0.25) is 0 Å². The molecule has 2 N–H and O–H groups in total. The van der Waals surface area contributed by atoms with Crippen LogP contribution in [0.1, 0.15) is 39.7 Å². The summed E-state index contributed by atoms with van der Waals surface area (Å²) in [6.07, 6.45) is -0.470. The van der Waals surface area contributed by atoms with E-state index in [0.29, 0.717) is 0 Å². The third-order valence-corrected chi connectivity index (χ3v) is 5.19. The van der Waals surface area contributed by atoms with E-state index >= 15 is 8.78 Å². The molecule has 0 aromatic heterocycles. The number of nitriles is 1. The van der Waals surface area contributed by atoms with E-state index in [1.807, 2.05) is 4.72 Å². The first-order chi connectivity index (χ1) is 12.3. The van der Waals surface area contributed by atoms with E-state index in [0.717, 1.165) is 12.1 Å². The van der Waals surface area contributed by atoms with Crippen LogP contribution in [0.5, 0.6) is 0 Å². The molecule has 10 heteroatoms. The van der Waals surface area contributed by atoms with Crippen molar-refractivity contribution in [2.75, 3.05) is 13.2 Å². The Morgan fingerprint density at radius 1 is 1.19 bits per heavy atom. The van der Waals surface area contributed by atoms with Crippen molar-refractivity contribution in [1.82, 2.24) is 9.44 Å². The Labute approximate surface area is 157 Å². The Balaban J connectivity index is 3.52. The Hall–Kier alpha value is -1.67. The summed E-state index contributed by atoms with van der Waals surface area (Å²) in [5.41, 5.74) is -4.09. The normalized spacial score (nSPS) is 15.2. The van der Waals surface area contributed by atoms with Crippen LogP contribution >= 0.6 is 0 Å². The van der Waals surface area contributed by atoms with Gasteiger partial charge in [0.1, 0.15) is 24.6 Å². The van der Waals surface area contributed by atoms with Crippen LogP contribution in [-0.2, 0) is 20.5 Å². The zero-order valence-electron chi connectivity index (χ0n) is 15.6. The van der Waals surface area contributed by atoms with Crippen LogP contribution in [0.4, 0.5) is 13.2 Å². The molecule has 1 atom stereocenters. The molecule has 0 saturated heterocycles. The molecular formula is C17H24F3N3O3S. The molecule has 0 aliphatic carbocycles. The second-order valence-electron chi connectivity index (χ2n) is 7.05.